The molecule has 0 spiro atoms. The van der Waals surface area contributed by atoms with Crippen LogP contribution in [0.3, 0.4) is 0 Å². The molecule has 0 rings (SSSR count). The normalized spacial score (nSPS) is 16.8. The van der Waals surface area contributed by atoms with E-state index in [2.05, 4.69) is 5.32 Å². The molecule has 3 N–H and O–H groups in total. The molecule has 0 aromatic heterocycles. The second kappa shape index (κ2) is 10.9. The molecule has 0 bridgehead atoms. The summed E-state index contributed by atoms with van der Waals surface area (Å²) in [7, 11) is 3.17. The number of methoxy groups -OCH3 is 2. The molecular formula is C11H25NO5. The van der Waals surface area contributed by atoms with Gasteiger partial charge in [-0.05, 0) is 6.92 Å². The average Bonchev–Trinajstić information content (AvgIpc) is 2.32. The van der Waals surface area contributed by atoms with E-state index in [9.17, 15) is 5.11 Å². The highest BCUT2D eigenvalue weighted by Crippen LogP contribution is 1.94. The highest BCUT2D eigenvalue weighted by Gasteiger charge is 2.11. The molecule has 3 unspecified atom stereocenters. The van der Waals surface area contributed by atoms with Crippen molar-refractivity contribution in [3.63, 3.8) is 0 Å². The van der Waals surface area contributed by atoms with Gasteiger partial charge in [0.2, 0.25) is 0 Å². The van der Waals surface area contributed by atoms with Crippen molar-refractivity contribution in [2.24, 2.45) is 0 Å². The Hall–Kier alpha value is -0.240. The first-order valence-corrected chi connectivity index (χ1v) is 5.75. The van der Waals surface area contributed by atoms with Crippen LogP contribution < -0.4 is 5.32 Å². The number of nitrogens with one attached hydrogen (secondary N) is 1. The second-order valence-electron chi connectivity index (χ2n) is 4.00. The Kier molecular flexibility index (Phi) is 10.7. The average molecular weight is 251 g/mol. The molecule has 0 aromatic rings. The van der Waals surface area contributed by atoms with E-state index in [1.807, 2.05) is 6.92 Å². The monoisotopic (exact) mass is 251 g/mol. The van der Waals surface area contributed by atoms with Gasteiger partial charge >= 0.3 is 0 Å². The number of ether oxygens (including phenoxy) is 3. The van der Waals surface area contributed by atoms with E-state index in [4.69, 9.17) is 19.3 Å². The van der Waals surface area contributed by atoms with Crippen molar-refractivity contribution in [2.45, 2.75) is 25.2 Å². The fraction of sp³-hybridized carbons (Fsp3) is 1.00. The summed E-state index contributed by atoms with van der Waals surface area (Å²) in [5.74, 6) is 0. The Morgan fingerprint density at radius 1 is 1.12 bits per heavy atom. The van der Waals surface area contributed by atoms with Crippen LogP contribution >= 0.6 is 0 Å². The van der Waals surface area contributed by atoms with Crippen LogP contribution in [-0.4, -0.2) is 75.7 Å². The Morgan fingerprint density at radius 2 is 1.76 bits per heavy atom. The third-order valence-corrected chi connectivity index (χ3v) is 2.20. The van der Waals surface area contributed by atoms with Crippen LogP contribution in [0.5, 0.6) is 0 Å². The van der Waals surface area contributed by atoms with Gasteiger partial charge in [0.15, 0.2) is 0 Å². The van der Waals surface area contributed by atoms with Crippen LogP contribution in [0.4, 0.5) is 0 Å². The van der Waals surface area contributed by atoms with Crippen molar-refractivity contribution in [2.75, 3.05) is 47.2 Å². The molecule has 104 valence electrons. The Labute approximate surface area is 103 Å². The Bertz CT molecular complexity index is 170. The number of hydrogen-bond acceptors (Lipinski definition) is 6. The summed E-state index contributed by atoms with van der Waals surface area (Å²) in [6.45, 7) is 3.36. The fourth-order valence-corrected chi connectivity index (χ4v) is 1.30. The summed E-state index contributed by atoms with van der Waals surface area (Å²) < 4.78 is 15.2. The molecular weight excluding hydrogens is 226 g/mol. The van der Waals surface area contributed by atoms with Gasteiger partial charge in [-0.1, -0.05) is 0 Å². The number of aliphatic hydroxyl groups excluding tert-OH is 2. The Balaban J connectivity index is 3.60. The lowest BCUT2D eigenvalue weighted by Crippen LogP contribution is -2.42. The van der Waals surface area contributed by atoms with E-state index in [0.29, 0.717) is 19.8 Å². The van der Waals surface area contributed by atoms with Crippen molar-refractivity contribution < 1.29 is 24.4 Å². The van der Waals surface area contributed by atoms with Gasteiger partial charge < -0.3 is 29.7 Å². The first-order chi connectivity index (χ1) is 8.13. The summed E-state index contributed by atoms with van der Waals surface area (Å²) in [6, 6.07) is -0.161. The van der Waals surface area contributed by atoms with Gasteiger partial charge in [-0.3, -0.25) is 0 Å². The van der Waals surface area contributed by atoms with Gasteiger partial charge in [-0.2, -0.15) is 0 Å². The van der Waals surface area contributed by atoms with Gasteiger partial charge in [0.05, 0.1) is 44.7 Å². The van der Waals surface area contributed by atoms with Crippen LogP contribution in [0.2, 0.25) is 0 Å². The highest BCUT2D eigenvalue weighted by molar-refractivity contribution is 4.68. The van der Waals surface area contributed by atoms with Gasteiger partial charge in [0, 0.05) is 20.8 Å². The zero-order valence-electron chi connectivity index (χ0n) is 10.9. The third kappa shape index (κ3) is 9.46. The van der Waals surface area contributed by atoms with Gasteiger partial charge in [-0.15, -0.1) is 0 Å². The number of rotatable bonds is 11. The zero-order chi connectivity index (χ0) is 13.1. The topological polar surface area (TPSA) is 80.2 Å². The molecule has 0 amide bonds. The van der Waals surface area contributed by atoms with Crippen molar-refractivity contribution in [1.82, 2.24) is 5.32 Å². The van der Waals surface area contributed by atoms with Crippen molar-refractivity contribution in [3.8, 4) is 0 Å². The smallest absolute Gasteiger partial charge is 0.0897 e. The van der Waals surface area contributed by atoms with Gasteiger partial charge in [-0.25, -0.2) is 0 Å². The molecule has 0 aliphatic heterocycles. The second-order valence-corrected chi connectivity index (χ2v) is 4.00. The lowest BCUT2D eigenvalue weighted by molar-refractivity contribution is -0.0325. The first kappa shape index (κ1) is 16.8. The highest BCUT2D eigenvalue weighted by atomic mass is 16.5. The number of aliphatic hydroxyl groups is 2. The van der Waals surface area contributed by atoms with Crippen molar-refractivity contribution >= 4 is 0 Å². The fourth-order valence-electron chi connectivity index (χ4n) is 1.30. The SMILES string of the molecule is COCC(CO)NCC(O)COC(C)COC. The molecule has 0 aliphatic carbocycles. The largest absolute Gasteiger partial charge is 0.395 e. The third-order valence-electron chi connectivity index (χ3n) is 2.20. The molecule has 0 saturated heterocycles. The van der Waals surface area contributed by atoms with E-state index in [-0.39, 0.29) is 25.4 Å². The lowest BCUT2D eigenvalue weighted by atomic mass is 10.3. The van der Waals surface area contributed by atoms with E-state index >= 15 is 0 Å². The van der Waals surface area contributed by atoms with E-state index in [1.54, 1.807) is 14.2 Å². The zero-order valence-corrected chi connectivity index (χ0v) is 10.9. The minimum absolute atomic E-state index is 0.0263. The van der Waals surface area contributed by atoms with Gasteiger partial charge in [0.25, 0.3) is 0 Å². The maximum absolute atomic E-state index is 9.63. The molecule has 0 heterocycles. The van der Waals surface area contributed by atoms with Crippen molar-refractivity contribution in [3.05, 3.63) is 0 Å². The van der Waals surface area contributed by atoms with Gasteiger partial charge in [0.1, 0.15) is 0 Å². The minimum Gasteiger partial charge on any atom is -0.395 e. The minimum atomic E-state index is -0.611. The predicted molar refractivity (Wildman–Crippen MR) is 64.0 cm³/mol. The van der Waals surface area contributed by atoms with E-state index in [0.717, 1.165) is 0 Å². The maximum atomic E-state index is 9.63. The molecule has 17 heavy (non-hydrogen) atoms. The Morgan fingerprint density at radius 3 is 2.29 bits per heavy atom. The first-order valence-electron chi connectivity index (χ1n) is 5.75. The van der Waals surface area contributed by atoms with E-state index in [1.165, 1.54) is 0 Å². The molecule has 0 saturated carbocycles. The lowest BCUT2D eigenvalue weighted by Gasteiger charge is -2.19. The predicted octanol–water partition coefficient (Wildman–Crippen LogP) is -1.00. The van der Waals surface area contributed by atoms with Crippen LogP contribution in [0.1, 0.15) is 6.92 Å². The summed E-state index contributed by atoms with van der Waals surface area (Å²) in [5.41, 5.74) is 0. The molecule has 0 aliphatic rings. The maximum Gasteiger partial charge on any atom is 0.0897 e. The van der Waals surface area contributed by atoms with Crippen LogP contribution in [0.25, 0.3) is 0 Å². The summed E-state index contributed by atoms with van der Waals surface area (Å²) >= 11 is 0. The summed E-state index contributed by atoms with van der Waals surface area (Å²) in [4.78, 5) is 0. The van der Waals surface area contributed by atoms with Crippen LogP contribution in [0.15, 0.2) is 0 Å². The molecule has 6 nitrogen and oxygen atoms in total. The van der Waals surface area contributed by atoms with Crippen LogP contribution in [-0.2, 0) is 14.2 Å². The molecule has 6 heteroatoms. The molecule has 0 radical (unpaired) electrons. The molecule has 0 aromatic carbocycles. The standard InChI is InChI=1S/C11H25NO5/c1-9(6-15-2)17-8-11(14)4-12-10(5-13)7-16-3/h9-14H,4-8H2,1-3H3. The van der Waals surface area contributed by atoms with Crippen molar-refractivity contribution in [1.29, 1.82) is 0 Å². The summed E-state index contributed by atoms with van der Waals surface area (Å²) in [5, 5.41) is 21.6. The summed E-state index contributed by atoms with van der Waals surface area (Å²) in [6.07, 6.45) is -0.650. The quantitative estimate of drug-likeness (QED) is 0.437. The van der Waals surface area contributed by atoms with E-state index < -0.39 is 6.10 Å². The molecule has 0 fully saturated rings. The number of hydrogen-bond donors (Lipinski definition) is 3. The van der Waals surface area contributed by atoms with Crippen LogP contribution in [0, 0.1) is 0 Å². The molecule has 3 atom stereocenters.